The van der Waals surface area contributed by atoms with Crippen LogP contribution in [0.3, 0.4) is 0 Å². The van der Waals surface area contributed by atoms with Gasteiger partial charge in [-0.2, -0.15) is 0 Å². The molecule has 0 aliphatic heterocycles. The fourth-order valence-electron chi connectivity index (χ4n) is 0.129. The van der Waals surface area contributed by atoms with E-state index in [1.54, 1.807) is 0 Å². The van der Waals surface area contributed by atoms with E-state index in [4.69, 9.17) is 35.0 Å². The van der Waals surface area contributed by atoms with E-state index >= 15 is 0 Å². The molecule has 0 spiro atoms. The highest BCUT2D eigenvalue weighted by molar-refractivity contribution is 6.38. The van der Waals surface area contributed by atoms with Gasteiger partial charge in [0.1, 0.15) is 5.38 Å². The molecule has 8 heavy (non-hydrogen) atoms. The topological polar surface area (TPSA) is 29.1 Å². The van der Waals surface area contributed by atoms with Gasteiger partial charge in [0.15, 0.2) is 0 Å². The highest BCUT2D eigenvalue weighted by atomic mass is 35.5. The molecule has 5 heteroatoms. The van der Waals surface area contributed by atoms with Gasteiger partial charge in [0, 0.05) is 17.7 Å². The highest BCUT2D eigenvalue weighted by Gasteiger charge is 2.11. The second kappa shape index (κ2) is 4.24. The van der Waals surface area contributed by atoms with Gasteiger partial charge in [0.05, 0.1) is 0 Å². The van der Waals surface area contributed by atoms with Gasteiger partial charge in [-0.1, -0.05) is 0 Å². The number of hydrogen-bond donors (Lipinski definition) is 1. The summed E-state index contributed by atoms with van der Waals surface area (Å²) in [6, 6.07) is 0. The summed E-state index contributed by atoms with van der Waals surface area (Å²) in [5.74, 6) is -0.400. The van der Waals surface area contributed by atoms with E-state index in [9.17, 15) is 4.79 Å². The van der Waals surface area contributed by atoms with Crippen molar-refractivity contribution in [2.24, 2.45) is 0 Å². The molecule has 0 aliphatic rings. The quantitative estimate of drug-likeness (QED) is 0.495. The van der Waals surface area contributed by atoms with Crippen molar-refractivity contribution in [2.45, 2.75) is 5.38 Å². The molecule has 0 heterocycles. The van der Waals surface area contributed by atoms with E-state index in [0.717, 1.165) is 0 Å². The van der Waals surface area contributed by atoms with Crippen molar-refractivity contribution in [2.75, 3.05) is 5.88 Å². The van der Waals surface area contributed by atoms with Crippen molar-refractivity contribution >= 4 is 40.9 Å². The van der Waals surface area contributed by atoms with Crippen LogP contribution < -0.4 is 4.84 Å². The second-order valence-corrected chi connectivity index (χ2v) is 2.10. The number of halogens is 3. The van der Waals surface area contributed by atoms with Crippen LogP contribution in [0.5, 0.6) is 0 Å². The van der Waals surface area contributed by atoms with Crippen LogP contribution >= 0.6 is 35.0 Å². The van der Waals surface area contributed by atoms with Crippen LogP contribution in [0.15, 0.2) is 0 Å². The first-order valence-corrected chi connectivity index (χ1v) is 3.17. The molecule has 1 unspecified atom stereocenters. The number of alkyl halides is 2. The van der Waals surface area contributed by atoms with Crippen molar-refractivity contribution in [3.63, 3.8) is 0 Å². The van der Waals surface area contributed by atoms with Crippen LogP contribution in [-0.4, -0.2) is 17.2 Å². The largest absolute Gasteiger partial charge is 0.272 e. The van der Waals surface area contributed by atoms with Gasteiger partial charge in [0.25, 0.3) is 5.91 Å². The van der Waals surface area contributed by atoms with Crippen molar-refractivity contribution < 1.29 is 4.79 Å². The number of carbonyl (C=O) groups is 1. The van der Waals surface area contributed by atoms with E-state index in [2.05, 4.69) is 0 Å². The number of nitrogens with one attached hydrogen (secondary N) is 1. The van der Waals surface area contributed by atoms with Crippen molar-refractivity contribution in [3.05, 3.63) is 0 Å². The third-order valence-corrected chi connectivity index (χ3v) is 1.52. The molecule has 0 saturated carbocycles. The zero-order valence-electron chi connectivity index (χ0n) is 3.83. The smallest absolute Gasteiger partial charge is 0.253 e. The summed E-state index contributed by atoms with van der Waals surface area (Å²) in [5.41, 5.74) is 0. The standard InChI is InChI=1S/C3H4Cl3NO/c4-1-2(5)3(8)7-6/h2H,1H2,(H,7,8). The molecule has 0 bridgehead atoms. The summed E-state index contributed by atoms with van der Waals surface area (Å²) in [6.07, 6.45) is 0. The zero-order valence-corrected chi connectivity index (χ0v) is 6.09. The molecular weight excluding hydrogens is 172 g/mol. The average Bonchev–Trinajstić information content (AvgIpc) is 1.84. The summed E-state index contributed by atoms with van der Waals surface area (Å²) in [5, 5.41) is -0.728. The lowest BCUT2D eigenvalue weighted by Crippen LogP contribution is -2.25. The van der Waals surface area contributed by atoms with E-state index in [1.165, 1.54) is 0 Å². The normalized spacial score (nSPS) is 12.9. The molecule has 48 valence electrons. The molecular formula is C3H4Cl3NO. The molecule has 0 radical (unpaired) electrons. The molecule has 0 aliphatic carbocycles. The molecule has 0 rings (SSSR count). The SMILES string of the molecule is O=C(NCl)C(Cl)CCl. The minimum absolute atomic E-state index is 0.0696. The van der Waals surface area contributed by atoms with Crippen molar-refractivity contribution in [1.82, 2.24) is 4.84 Å². The van der Waals surface area contributed by atoms with Crippen LogP contribution in [0.4, 0.5) is 0 Å². The maximum absolute atomic E-state index is 10.3. The van der Waals surface area contributed by atoms with Crippen LogP contribution in [-0.2, 0) is 4.79 Å². The Balaban J connectivity index is 3.46. The maximum atomic E-state index is 10.3. The van der Waals surface area contributed by atoms with E-state index in [0.29, 0.717) is 0 Å². The Hall–Kier alpha value is 0.340. The minimum Gasteiger partial charge on any atom is -0.272 e. The number of carbonyl (C=O) groups excluding carboxylic acids is 1. The second-order valence-electron chi connectivity index (χ2n) is 1.08. The summed E-state index contributed by atoms with van der Waals surface area (Å²) in [6.45, 7) is 0. The molecule has 2 nitrogen and oxygen atoms in total. The average molecular weight is 176 g/mol. The molecule has 1 amide bonds. The summed E-state index contributed by atoms with van der Waals surface area (Å²) >= 11 is 15.3. The molecule has 1 atom stereocenters. The first-order valence-electron chi connectivity index (χ1n) is 1.83. The van der Waals surface area contributed by atoms with Gasteiger partial charge in [-0.25, -0.2) is 0 Å². The van der Waals surface area contributed by atoms with Crippen LogP contribution in [0.2, 0.25) is 0 Å². The monoisotopic (exact) mass is 175 g/mol. The van der Waals surface area contributed by atoms with E-state index in [1.807, 2.05) is 4.84 Å². The van der Waals surface area contributed by atoms with Crippen LogP contribution in [0.1, 0.15) is 0 Å². The Morgan fingerprint density at radius 2 is 2.25 bits per heavy atom. The molecule has 1 N–H and O–H groups in total. The third-order valence-electron chi connectivity index (χ3n) is 0.513. The molecule has 0 aromatic rings. The summed E-state index contributed by atoms with van der Waals surface area (Å²) in [4.78, 5) is 12.1. The highest BCUT2D eigenvalue weighted by Crippen LogP contribution is 1.97. The van der Waals surface area contributed by atoms with E-state index in [-0.39, 0.29) is 5.88 Å². The van der Waals surface area contributed by atoms with Gasteiger partial charge in [-0.3, -0.25) is 9.63 Å². The van der Waals surface area contributed by atoms with Gasteiger partial charge in [-0.15, -0.1) is 23.2 Å². The maximum Gasteiger partial charge on any atom is 0.253 e. The van der Waals surface area contributed by atoms with Crippen LogP contribution in [0.25, 0.3) is 0 Å². The molecule has 0 fully saturated rings. The van der Waals surface area contributed by atoms with Crippen LogP contribution in [0, 0.1) is 0 Å². The minimum atomic E-state index is -0.728. The Bertz CT molecular complexity index is 86.6. The predicted molar refractivity (Wildman–Crippen MR) is 34.4 cm³/mol. The summed E-state index contributed by atoms with van der Waals surface area (Å²) < 4.78 is 0. The number of amides is 1. The Morgan fingerprint density at radius 3 is 2.38 bits per heavy atom. The summed E-state index contributed by atoms with van der Waals surface area (Å²) in [7, 11) is 0. The van der Waals surface area contributed by atoms with Crippen molar-refractivity contribution in [1.29, 1.82) is 0 Å². The third kappa shape index (κ3) is 2.60. The zero-order chi connectivity index (χ0) is 6.57. The lowest BCUT2D eigenvalue weighted by atomic mass is 10.5. The molecule has 0 aromatic heterocycles. The van der Waals surface area contributed by atoms with Crippen molar-refractivity contribution in [3.8, 4) is 0 Å². The molecule has 0 saturated heterocycles. The van der Waals surface area contributed by atoms with E-state index < -0.39 is 11.3 Å². The van der Waals surface area contributed by atoms with Gasteiger partial charge >= 0.3 is 0 Å². The number of rotatable bonds is 2. The first kappa shape index (κ1) is 8.34. The predicted octanol–water partition coefficient (Wildman–Crippen LogP) is 1.10. The Morgan fingerprint density at radius 1 is 1.75 bits per heavy atom. The number of hydrogen-bond acceptors (Lipinski definition) is 1. The Labute approximate surface area is 62.2 Å². The lowest BCUT2D eigenvalue weighted by molar-refractivity contribution is -0.118. The van der Waals surface area contributed by atoms with Gasteiger partial charge in [-0.05, 0) is 0 Å². The van der Waals surface area contributed by atoms with Gasteiger partial charge < -0.3 is 0 Å². The fraction of sp³-hybridized carbons (Fsp3) is 0.667. The first-order chi connectivity index (χ1) is 3.72. The van der Waals surface area contributed by atoms with Gasteiger partial charge in [0.2, 0.25) is 0 Å². The Kier molecular flexibility index (Phi) is 4.42. The molecule has 0 aromatic carbocycles. The lowest BCUT2D eigenvalue weighted by Gasteiger charge is -1.98. The fourth-order valence-corrected chi connectivity index (χ4v) is 0.512.